The smallest absolute Gasteiger partial charge is 0.315 e. The van der Waals surface area contributed by atoms with E-state index in [4.69, 9.17) is 23.2 Å². The third kappa shape index (κ3) is 6.24. The molecule has 1 atom stereocenters. The minimum Gasteiger partial charge on any atom is -0.348 e. The Balaban J connectivity index is 1.74. The zero-order valence-corrected chi connectivity index (χ0v) is 16.1. The van der Waals surface area contributed by atoms with E-state index < -0.39 is 6.03 Å². The van der Waals surface area contributed by atoms with Crippen LogP contribution in [0.15, 0.2) is 42.5 Å². The number of amides is 3. The molecule has 2 rings (SSSR count). The van der Waals surface area contributed by atoms with E-state index in [0.717, 1.165) is 16.7 Å². The van der Waals surface area contributed by atoms with Gasteiger partial charge in [-0.25, -0.2) is 4.79 Å². The number of halogens is 2. The maximum Gasteiger partial charge on any atom is 0.315 e. The Kier molecular flexibility index (Phi) is 7.30. The van der Waals surface area contributed by atoms with Crippen LogP contribution in [0.4, 0.5) is 4.79 Å². The van der Waals surface area contributed by atoms with E-state index in [1.807, 2.05) is 38.1 Å². The van der Waals surface area contributed by atoms with Crippen molar-refractivity contribution in [3.63, 3.8) is 0 Å². The maximum atomic E-state index is 12.0. The van der Waals surface area contributed by atoms with E-state index in [-0.39, 0.29) is 18.5 Å². The molecule has 2 aromatic carbocycles. The maximum absolute atomic E-state index is 12.0. The molecule has 3 N–H and O–H groups in total. The molecule has 0 bridgehead atoms. The van der Waals surface area contributed by atoms with Gasteiger partial charge >= 0.3 is 6.03 Å². The largest absolute Gasteiger partial charge is 0.348 e. The number of hydrogen-bond donors (Lipinski definition) is 3. The van der Waals surface area contributed by atoms with Crippen molar-refractivity contribution in [1.82, 2.24) is 16.0 Å². The number of carbonyl (C=O) groups is 2. The molecule has 3 amide bonds. The second-order valence-corrected chi connectivity index (χ2v) is 6.80. The summed E-state index contributed by atoms with van der Waals surface area (Å²) >= 11 is 11.9. The zero-order chi connectivity index (χ0) is 19.1. The van der Waals surface area contributed by atoms with E-state index in [1.54, 1.807) is 18.2 Å². The summed E-state index contributed by atoms with van der Waals surface area (Å²) in [7, 11) is 0. The summed E-state index contributed by atoms with van der Waals surface area (Å²) in [5.74, 6) is -0.297. The van der Waals surface area contributed by atoms with Crippen molar-refractivity contribution in [3.05, 3.63) is 69.2 Å². The molecule has 0 heterocycles. The van der Waals surface area contributed by atoms with Crippen LogP contribution in [0, 0.1) is 6.92 Å². The summed E-state index contributed by atoms with van der Waals surface area (Å²) in [6, 6.07) is 12.4. The molecule has 0 saturated heterocycles. The summed E-state index contributed by atoms with van der Waals surface area (Å²) in [4.78, 5) is 23.8. The van der Waals surface area contributed by atoms with Crippen molar-refractivity contribution in [2.45, 2.75) is 26.4 Å². The lowest BCUT2D eigenvalue weighted by molar-refractivity contribution is -0.120. The van der Waals surface area contributed by atoms with Crippen molar-refractivity contribution in [2.24, 2.45) is 0 Å². The monoisotopic (exact) mass is 393 g/mol. The van der Waals surface area contributed by atoms with Gasteiger partial charge in [0.1, 0.15) is 0 Å². The van der Waals surface area contributed by atoms with Gasteiger partial charge in [0.2, 0.25) is 5.91 Å². The Bertz CT molecular complexity index is 779. The van der Waals surface area contributed by atoms with Crippen molar-refractivity contribution in [3.8, 4) is 0 Å². The number of benzene rings is 2. The standard InChI is InChI=1S/C19H21Cl2N3O2/c1-12-3-5-14(6-4-12)10-22-19(26)23-11-18(25)24-13(2)15-7-8-16(20)17(21)9-15/h3-9,13H,10-11H2,1-2H3,(H,24,25)(H2,22,23,26)/t13-/m1/s1. The average Bonchev–Trinajstić information content (AvgIpc) is 2.61. The van der Waals surface area contributed by atoms with Crippen molar-refractivity contribution >= 4 is 35.1 Å². The molecule has 0 aliphatic carbocycles. The van der Waals surface area contributed by atoms with Gasteiger partial charge in [-0.05, 0) is 37.1 Å². The highest BCUT2D eigenvalue weighted by Gasteiger charge is 2.12. The zero-order valence-electron chi connectivity index (χ0n) is 14.6. The van der Waals surface area contributed by atoms with E-state index in [1.165, 1.54) is 0 Å². The number of aryl methyl sites for hydroxylation is 1. The molecular formula is C19H21Cl2N3O2. The predicted octanol–water partition coefficient (Wildman–Crippen LogP) is 3.98. The van der Waals surface area contributed by atoms with Crippen LogP contribution in [-0.4, -0.2) is 18.5 Å². The summed E-state index contributed by atoms with van der Waals surface area (Å²) in [6.07, 6.45) is 0. The molecular weight excluding hydrogens is 373 g/mol. The van der Waals surface area contributed by atoms with E-state index in [2.05, 4.69) is 16.0 Å². The van der Waals surface area contributed by atoms with Crippen LogP contribution >= 0.6 is 23.2 Å². The second-order valence-electron chi connectivity index (χ2n) is 5.98. The van der Waals surface area contributed by atoms with Gasteiger partial charge in [0.15, 0.2) is 0 Å². The van der Waals surface area contributed by atoms with Gasteiger partial charge in [0.25, 0.3) is 0 Å². The molecule has 5 nitrogen and oxygen atoms in total. The van der Waals surface area contributed by atoms with Crippen LogP contribution in [-0.2, 0) is 11.3 Å². The highest BCUT2D eigenvalue weighted by atomic mass is 35.5. The third-order valence-corrected chi connectivity index (χ3v) is 4.54. The Morgan fingerprint density at radius 1 is 1.00 bits per heavy atom. The molecule has 26 heavy (non-hydrogen) atoms. The lowest BCUT2D eigenvalue weighted by Crippen LogP contribution is -2.42. The molecule has 2 aromatic rings. The predicted molar refractivity (Wildman–Crippen MR) is 104 cm³/mol. The molecule has 0 aliphatic heterocycles. The molecule has 138 valence electrons. The number of hydrogen-bond acceptors (Lipinski definition) is 2. The van der Waals surface area contributed by atoms with Crippen molar-refractivity contribution < 1.29 is 9.59 Å². The van der Waals surface area contributed by atoms with E-state index in [9.17, 15) is 9.59 Å². The molecule has 0 radical (unpaired) electrons. The van der Waals surface area contributed by atoms with Gasteiger partial charge in [0, 0.05) is 6.54 Å². The van der Waals surface area contributed by atoms with Gasteiger partial charge in [-0.2, -0.15) is 0 Å². The first-order chi connectivity index (χ1) is 12.3. The lowest BCUT2D eigenvalue weighted by Gasteiger charge is -2.15. The van der Waals surface area contributed by atoms with Crippen LogP contribution in [0.1, 0.15) is 29.7 Å². The Labute approximate surface area is 163 Å². The topological polar surface area (TPSA) is 70.2 Å². The van der Waals surface area contributed by atoms with Crippen LogP contribution in [0.2, 0.25) is 10.0 Å². The number of rotatable bonds is 6. The summed E-state index contributed by atoms with van der Waals surface area (Å²) in [6.45, 7) is 4.11. The molecule has 0 saturated carbocycles. The van der Waals surface area contributed by atoms with Gasteiger partial charge < -0.3 is 16.0 Å². The van der Waals surface area contributed by atoms with Crippen LogP contribution < -0.4 is 16.0 Å². The van der Waals surface area contributed by atoms with Gasteiger partial charge in [0.05, 0.1) is 22.6 Å². The molecule has 7 heteroatoms. The molecule has 0 aromatic heterocycles. The fourth-order valence-corrected chi connectivity index (χ4v) is 2.58. The van der Waals surface area contributed by atoms with E-state index >= 15 is 0 Å². The highest BCUT2D eigenvalue weighted by molar-refractivity contribution is 6.42. The van der Waals surface area contributed by atoms with Crippen LogP contribution in [0.25, 0.3) is 0 Å². The van der Waals surface area contributed by atoms with Crippen LogP contribution in [0.3, 0.4) is 0 Å². The first kappa shape index (κ1) is 20.1. The van der Waals surface area contributed by atoms with Crippen molar-refractivity contribution in [2.75, 3.05) is 6.54 Å². The fourth-order valence-electron chi connectivity index (χ4n) is 2.27. The number of urea groups is 1. The molecule has 0 fully saturated rings. The number of nitrogens with one attached hydrogen (secondary N) is 3. The quantitative estimate of drug-likeness (QED) is 0.694. The molecule has 0 spiro atoms. The Hall–Kier alpha value is -2.24. The van der Waals surface area contributed by atoms with Crippen LogP contribution in [0.5, 0.6) is 0 Å². The SMILES string of the molecule is Cc1ccc(CNC(=O)NCC(=O)N[C@H](C)c2ccc(Cl)c(Cl)c2)cc1. The Morgan fingerprint density at radius 2 is 1.69 bits per heavy atom. The summed E-state index contributed by atoms with van der Waals surface area (Å²) < 4.78 is 0. The average molecular weight is 394 g/mol. The highest BCUT2D eigenvalue weighted by Crippen LogP contribution is 2.25. The van der Waals surface area contributed by atoms with Crippen molar-refractivity contribution in [1.29, 1.82) is 0 Å². The van der Waals surface area contributed by atoms with E-state index in [0.29, 0.717) is 16.6 Å². The summed E-state index contributed by atoms with van der Waals surface area (Å²) in [5.41, 5.74) is 2.98. The Morgan fingerprint density at radius 3 is 2.35 bits per heavy atom. The first-order valence-electron chi connectivity index (χ1n) is 8.16. The van der Waals surface area contributed by atoms with Gasteiger partial charge in [-0.1, -0.05) is 59.1 Å². The van der Waals surface area contributed by atoms with Gasteiger partial charge in [-0.3, -0.25) is 4.79 Å². The van der Waals surface area contributed by atoms with Gasteiger partial charge in [-0.15, -0.1) is 0 Å². The molecule has 0 aliphatic rings. The second kappa shape index (κ2) is 9.46. The normalized spacial score (nSPS) is 11.5. The molecule has 0 unspecified atom stereocenters. The minimum atomic E-state index is -0.400. The third-order valence-electron chi connectivity index (χ3n) is 3.80. The fraction of sp³-hybridized carbons (Fsp3) is 0.263. The number of carbonyl (C=O) groups excluding carboxylic acids is 2. The minimum absolute atomic E-state index is 0.120. The first-order valence-corrected chi connectivity index (χ1v) is 8.92. The lowest BCUT2D eigenvalue weighted by atomic mass is 10.1. The summed E-state index contributed by atoms with van der Waals surface area (Å²) in [5, 5.41) is 8.93.